The van der Waals surface area contributed by atoms with E-state index in [1.54, 1.807) is 0 Å². The molecule has 0 spiro atoms. The first-order valence-electron chi connectivity index (χ1n) is 5.37. The van der Waals surface area contributed by atoms with Crippen LogP contribution in [0.2, 0.25) is 0 Å². The van der Waals surface area contributed by atoms with Crippen LogP contribution in [0.4, 0.5) is 0 Å². The first-order valence-corrected chi connectivity index (χ1v) is 5.37. The molecule has 1 rings (SSSR count). The molecule has 1 amide bonds. The van der Waals surface area contributed by atoms with E-state index in [1.807, 2.05) is 0 Å². The van der Waals surface area contributed by atoms with Crippen molar-refractivity contribution in [3.8, 4) is 0 Å². The second-order valence-electron chi connectivity index (χ2n) is 4.43. The van der Waals surface area contributed by atoms with E-state index in [9.17, 15) is 9.90 Å². The molecule has 2 atom stereocenters. The van der Waals surface area contributed by atoms with Gasteiger partial charge in [0, 0.05) is 19.0 Å². The van der Waals surface area contributed by atoms with E-state index < -0.39 is 5.60 Å². The zero-order valence-corrected chi connectivity index (χ0v) is 9.12. The molecule has 0 aliphatic carbocycles. The van der Waals surface area contributed by atoms with Gasteiger partial charge in [0.05, 0.1) is 6.61 Å². The molecule has 1 heterocycles. The minimum atomic E-state index is -1.22. The van der Waals surface area contributed by atoms with Crippen LogP contribution in [0.3, 0.4) is 0 Å². The minimum Gasteiger partial charge on any atom is -0.393 e. The molecule has 5 nitrogen and oxygen atoms in total. The van der Waals surface area contributed by atoms with Crippen LogP contribution >= 0.6 is 0 Å². The molecule has 0 bridgehead atoms. The van der Waals surface area contributed by atoms with Crippen molar-refractivity contribution < 1.29 is 15.0 Å². The first kappa shape index (κ1) is 12.4. The maximum Gasteiger partial charge on any atom is 0.221 e. The monoisotopic (exact) mass is 216 g/mol. The van der Waals surface area contributed by atoms with Crippen LogP contribution in [-0.2, 0) is 4.79 Å². The van der Waals surface area contributed by atoms with Crippen molar-refractivity contribution in [2.75, 3.05) is 19.7 Å². The summed E-state index contributed by atoms with van der Waals surface area (Å²) in [5, 5.41) is 24.1. The molecule has 0 saturated carbocycles. The van der Waals surface area contributed by atoms with Gasteiger partial charge in [0.25, 0.3) is 0 Å². The smallest absolute Gasteiger partial charge is 0.221 e. The molecule has 5 heteroatoms. The quantitative estimate of drug-likeness (QED) is 0.474. The lowest BCUT2D eigenvalue weighted by molar-refractivity contribution is -0.123. The maximum atomic E-state index is 11.4. The van der Waals surface area contributed by atoms with Gasteiger partial charge in [0.2, 0.25) is 5.91 Å². The lowest BCUT2D eigenvalue weighted by Crippen LogP contribution is -2.44. The maximum absolute atomic E-state index is 11.4. The summed E-state index contributed by atoms with van der Waals surface area (Å²) in [5.74, 6) is -0.0804. The Balaban J connectivity index is 2.18. The summed E-state index contributed by atoms with van der Waals surface area (Å²) in [6.07, 6.45) is 2.59. The third-order valence-electron chi connectivity index (χ3n) is 2.60. The van der Waals surface area contributed by atoms with E-state index >= 15 is 0 Å². The topological polar surface area (TPSA) is 81.6 Å². The second kappa shape index (κ2) is 5.44. The van der Waals surface area contributed by atoms with Crippen molar-refractivity contribution in [2.45, 2.75) is 37.8 Å². The second-order valence-corrected chi connectivity index (χ2v) is 4.43. The van der Waals surface area contributed by atoms with Gasteiger partial charge in [-0.2, -0.15) is 0 Å². The van der Waals surface area contributed by atoms with Crippen molar-refractivity contribution >= 4 is 5.91 Å². The number of nitrogens with one attached hydrogen (secondary N) is 2. The van der Waals surface area contributed by atoms with Gasteiger partial charge in [0.15, 0.2) is 0 Å². The largest absolute Gasteiger partial charge is 0.393 e. The van der Waals surface area contributed by atoms with Gasteiger partial charge in [-0.3, -0.25) is 4.79 Å². The molecular formula is C10H20N2O3. The molecule has 1 fully saturated rings. The summed E-state index contributed by atoms with van der Waals surface area (Å²) in [6.45, 7) is 2.21. The van der Waals surface area contributed by atoms with Crippen LogP contribution < -0.4 is 10.6 Å². The lowest BCUT2D eigenvalue weighted by atomic mass is 10.1. The molecule has 1 aliphatic heterocycles. The number of carbonyl (C=O) groups excluding carboxylic acids is 1. The van der Waals surface area contributed by atoms with Gasteiger partial charge < -0.3 is 20.8 Å². The standard InChI is InChI=1S/C10H20N2O3/c1-10(15,7-13)6-12-9(14)5-8-3-2-4-11-8/h8,11,13,15H,2-7H2,1H3,(H,12,14). The van der Waals surface area contributed by atoms with Crippen molar-refractivity contribution in [3.05, 3.63) is 0 Å². The number of rotatable bonds is 5. The highest BCUT2D eigenvalue weighted by Crippen LogP contribution is 2.08. The van der Waals surface area contributed by atoms with Crippen LogP contribution in [0.25, 0.3) is 0 Å². The first-order chi connectivity index (χ1) is 7.03. The van der Waals surface area contributed by atoms with Gasteiger partial charge in [0.1, 0.15) is 5.60 Å². The molecule has 2 unspecified atom stereocenters. The molecule has 4 N–H and O–H groups in total. The molecule has 0 radical (unpaired) electrons. The predicted molar refractivity (Wildman–Crippen MR) is 56.4 cm³/mol. The van der Waals surface area contributed by atoms with Gasteiger partial charge in [-0.05, 0) is 26.3 Å². The Morgan fingerprint density at radius 3 is 2.93 bits per heavy atom. The molecular weight excluding hydrogens is 196 g/mol. The van der Waals surface area contributed by atoms with Gasteiger partial charge in [-0.25, -0.2) is 0 Å². The normalized spacial score (nSPS) is 24.9. The SMILES string of the molecule is CC(O)(CO)CNC(=O)CC1CCCN1. The zero-order valence-electron chi connectivity index (χ0n) is 9.12. The summed E-state index contributed by atoms with van der Waals surface area (Å²) in [7, 11) is 0. The van der Waals surface area contributed by atoms with Crippen molar-refractivity contribution in [2.24, 2.45) is 0 Å². The van der Waals surface area contributed by atoms with Crippen LogP contribution in [0.5, 0.6) is 0 Å². The molecule has 0 aromatic rings. The minimum absolute atomic E-state index is 0.0804. The van der Waals surface area contributed by atoms with E-state index in [1.165, 1.54) is 6.92 Å². The number of amides is 1. The lowest BCUT2D eigenvalue weighted by Gasteiger charge is -2.21. The fraction of sp³-hybridized carbons (Fsp3) is 0.900. The Morgan fingerprint density at radius 2 is 2.40 bits per heavy atom. The molecule has 88 valence electrons. The third-order valence-corrected chi connectivity index (χ3v) is 2.60. The van der Waals surface area contributed by atoms with E-state index in [-0.39, 0.29) is 25.1 Å². The van der Waals surface area contributed by atoms with Crippen LogP contribution in [-0.4, -0.2) is 47.5 Å². The fourth-order valence-electron chi connectivity index (χ4n) is 1.57. The summed E-state index contributed by atoms with van der Waals surface area (Å²) in [6, 6.07) is 0.268. The zero-order chi connectivity index (χ0) is 11.3. The van der Waals surface area contributed by atoms with Crippen LogP contribution in [0, 0.1) is 0 Å². The van der Waals surface area contributed by atoms with E-state index in [0.29, 0.717) is 6.42 Å². The average molecular weight is 216 g/mol. The molecule has 1 aliphatic rings. The van der Waals surface area contributed by atoms with E-state index in [4.69, 9.17) is 5.11 Å². The van der Waals surface area contributed by atoms with Crippen LogP contribution in [0.1, 0.15) is 26.2 Å². The molecule has 0 aromatic carbocycles. The van der Waals surface area contributed by atoms with Gasteiger partial charge >= 0.3 is 0 Å². The van der Waals surface area contributed by atoms with Gasteiger partial charge in [-0.15, -0.1) is 0 Å². The Hall–Kier alpha value is -0.650. The number of carbonyl (C=O) groups is 1. The molecule has 1 saturated heterocycles. The summed E-state index contributed by atoms with van der Waals surface area (Å²) in [4.78, 5) is 11.4. The van der Waals surface area contributed by atoms with E-state index in [0.717, 1.165) is 19.4 Å². The average Bonchev–Trinajstić information content (AvgIpc) is 2.68. The number of hydrogen-bond donors (Lipinski definition) is 4. The summed E-state index contributed by atoms with van der Waals surface area (Å²) < 4.78 is 0. The predicted octanol–water partition coefficient (Wildman–Crippen LogP) is -1.01. The summed E-state index contributed by atoms with van der Waals surface area (Å²) >= 11 is 0. The Morgan fingerprint density at radius 1 is 1.67 bits per heavy atom. The molecule has 15 heavy (non-hydrogen) atoms. The van der Waals surface area contributed by atoms with Gasteiger partial charge in [-0.1, -0.05) is 0 Å². The van der Waals surface area contributed by atoms with Crippen LogP contribution in [0.15, 0.2) is 0 Å². The van der Waals surface area contributed by atoms with Crippen molar-refractivity contribution in [3.63, 3.8) is 0 Å². The Kier molecular flexibility index (Phi) is 4.50. The number of hydrogen-bond acceptors (Lipinski definition) is 4. The van der Waals surface area contributed by atoms with E-state index in [2.05, 4.69) is 10.6 Å². The molecule has 0 aromatic heterocycles. The Labute approximate surface area is 89.9 Å². The highest BCUT2D eigenvalue weighted by Gasteiger charge is 2.22. The van der Waals surface area contributed by atoms with Crippen molar-refractivity contribution in [1.82, 2.24) is 10.6 Å². The number of aliphatic hydroxyl groups excluding tert-OH is 1. The summed E-state index contributed by atoms with van der Waals surface area (Å²) in [5.41, 5.74) is -1.22. The third kappa shape index (κ3) is 4.59. The van der Waals surface area contributed by atoms with Crippen molar-refractivity contribution in [1.29, 1.82) is 0 Å². The highest BCUT2D eigenvalue weighted by molar-refractivity contribution is 5.76. The highest BCUT2D eigenvalue weighted by atomic mass is 16.3. The fourth-order valence-corrected chi connectivity index (χ4v) is 1.57. The number of aliphatic hydroxyl groups is 2. The Bertz CT molecular complexity index is 213.